The predicted molar refractivity (Wildman–Crippen MR) is 138 cm³/mol. The van der Waals surface area contributed by atoms with Gasteiger partial charge in [-0.25, -0.2) is 0 Å². The molecular weight excluding hydrogens is 454 g/mol. The maximum atomic E-state index is 13.3. The Kier molecular flexibility index (Phi) is 5.91. The lowest BCUT2D eigenvalue weighted by Crippen LogP contribution is -2.60. The molecule has 0 spiro atoms. The van der Waals surface area contributed by atoms with Gasteiger partial charge in [-0.05, 0) is 63.4 Å². The maximum absolute atomic E-state index is 13.3. The number of para-hydroxylation sites is 1. The van der Waals surface area contributed by atoms with E-state index in [0.29, 0.717) is 41.7 Å². The SMILES string of the molecule is CC1CN(Cc2ccccc2)C(=O)C(C)N1c1nc2c(C(=O)NC3CN4CCC3CC4)cccc2o1. The summed E-state index contributed by atoms with van der Waals surface area (Å²) in [7, 11) is 0. The summed E-state index contributed by atoms with van der Waals surface area (Å²) in [5.74, 6) is 0.481. The molecule has 3 atom stereocenters. The van der Waals surface area contributed by atoms with Gasteiger partial charge in [0, 0.05) is 31.7 Å². The van der Waals surface area contributed by atoms with E-state index in [1.807, 2.05) is 59.2 Å². The van der Waals surface area contributed by atoms with Crippen LogP contribution in [0.25, 0.3) is 11.1 Å². The summed E-state index contributed by atoms with van der Waals surface area (Å²) < 4.78 is 6.14. The van der Waals surface area contributed by atoms with Gasteiger partial charge in [0.2, 0.25) is 5.91 Å². The Balaban J connectivity index is 1.22. The van der Waals surface area contributed by atoms with Crippen LogP contribution in [0.1, 0.15) is 42.6 Å². The van der Waals surface area contributed by atoms with Crippen LogP contribution in [0.15, 0.2) is 52.9 Å². The van der Waals surface area contributed by atoms with E-state index in [2.05, 4.69) is 17.1 Å². The minimum Gasteiger partial charge on any atom is -0.423 e. The smallest absolute Gasteiger partial charge is 0.299 e. The lowest BCUT2D eigenvalue weighted by atomic mass is 9.84. The fourth-order valence-electron chi connectivity index (χ4n) is 6.17. The van der Waals surface area contributed by atoms with Crippen LogP contribution in [-0.2, 0) is 11.3 Å². The summed E-state index contributed by atoms with van der Waals surface area (Å²) >= 11 is 0. The molecular formula is C28H33N5O3. The number of carbonyl (C=O) groups excluding carboxylic acids is 2. The summed E-state index contributed by atoms with van der Waals surface area (Å²) in [5, 5.41) is 3.26. The van der Waals surface area contributed by atoms with E-state index in [0.717, 1.165) is 38.0 Å². The van der Waals surface area contributed by atoms with Crippen LogP contribution in [0.2, 0.25) is 0 Å². The Bertz CT molecular complexity index is 1270. The zero-order valence-corrected chi connectivity index (χ0v) is 20.9. The Morgan fingerprint density at radius 1 is 1.06 bits per heavy atom. The second-order valence-corrected chi connectivity index (χ2v) is 10.5. The number of aromatic nitrogens is 1. The first-order valence-corrected chi connectivity index (χ1v) is 13.0. The van der Waals surface area contributed by atoms with Gasteiger partial charge in [-0.1, -0.05) is 36.4 Å². The van der Waals surface area contributed by atoms with Gasteiger partial charge in [0.1, 0.15) is 11.6 Å². The number of nitrogens with one attached hydrogen (secondary N) is 1. The van der Waals surface area contributed by atoms with Crippen molar-refractivity contribution in [3.63, 3.8) is 0 Å². The Labute approximate surface area is 211 Å². The molecule has 188 valence electrons. The molecule has 4 fully saturated rings. The molecule has 2 amide bonds. The standard InChI is InChI=1S/C28H33N5O3/c1-18-15-32(16-20-7-4-3-5-8-20)27(35)19(2)33(18)28-30-25-22(9-6-10-24(25)36-28)26(34)29-23-17-31-13-11-21(23)12-14-31/h3-10,18-19,21,23H,11-17H2,1-2H3,(H,29,34). The minimum atomic E-state index is -0.422. The third-order valence-electron chi connectivity index (χ3n) is 8.11. The second kappa shape index (κ2) is 9.24. The summed E-state index contributed by atoms with van der Waals surface area (Å²) in [5.41, 5.74) is 2.74. The molecule has 1 N–H and O–H groups in total. The van der Waals surface area contributed by atoms with Gasteiger partial charge in [0.25, 0.3) is 11.9 Å². The minimum absolute atomic E-state index is 0.0126. The van der Waals surface area contributed by atoms with Crippen molar-refractivity contribution < 1.29 is 14.0 Å². The maximum Gasteiger partial charge on any atom is 0.299 e. The number of benzene rings is 2. The van der Waals surface area contributed by atoms with Crippen LogP contribution in [0.4, 0.5) is 6.01 Å². The van der Waals surface area contributed by atoms with Gasteiger partial charge in [0.15, 0.2) is 5.58 Å². The molecule has 1 aromatic heterocycles. The van der Waals surface area contributed by atoms with Crippen molar-refractivity contribution in [2.24, 2.45) is 5.92 Å². The van der Waals surface area contributed by atoms with E-state index in [1.54, 1.807) is 6.07 Å². The van der Waals surface area contributed by atoms with Crippen molar-refractivity contribution in [1.82, 2.24) is 20.1 Å². The lowest BCUT2D eigenvalue weighted by molar-refractivity contribution is -0.135. The average Bonchev–Trinajstić information content (AvgIpc) is 3.32. The third kappa shape index (κ3) is 4.13. The van der Waals surface area contributed by atoms with Gasteiger partial charge < -0.3 is 24.4 Å². The first-order chi connectivity index (χ1) is 17.5. The molecule has 8 heteroatoms. The number of rotatable bonds is 5. The molecule has 36 heavy (non-hydrogen) atoms. The summed E-state index contributed by atoms with van der Waals surface area (Å²) in [6.07, 6.45) is 2.28. The number of carbonyl (C=O) groups is 2. The fraction of sp³-hybridized carbons (Fsp3) is 0.464. The molecule has 0 radical (unpaired) electrons. The largest absolute Gasteiger partial charge is 0.423 e. The number of amides is 2. The fourth-order valence-corrected chi connectivity index (χ4v) is 6.17. The molecule has 5 heterocycles. The number of piperidine rings is 3. The Hall–Kier alpha value is -3.39. The molecule has 8 nitrogen and oxygen atoms in total. The highest BCUT2D eigenvalue weighted by Crippen LogP contribution is 2.31. The molecule has 3 unspecified atom stereocenters. The number of fused-ring (bicyclic) bond motifs is 4. The number of oxazole rings is 1. The number of hydrogen-bond acceptors (Lipinski definition) is 6. The summed E-state index contributed by atoms with van der Waals surface area (Å²) in [6, 6.07) is 15.7. The second-order valence-electron chi connectivity index (χ2n) is 10.5. The Morgan fingerprint density at radius 2 is 1.83 bits per heavy atom. The molecule has 2 aromatic carbocycles. The number of anilines is 1. The quantitative estimate of drug-likeness (QED) is 0.595. The highest BCUT2D eigenvalue weighted by Gasteiger charge is 2.39. The first-order valence-electron chi connectivity index (χ1n) is 13.0. The number of piperazine rings is 1. The normalized spacial score (nSPS) is 28.1. The van der Waals surface area contributed by atoms with Gasteiger partial charge >= 0.3 is 0 Å². The molecule has 4 saturated heterocycles. The molecule has 3 aromatic rings. The zero-order chi connectivity index (χ0) is 24.8. The summed E-state index contributed by atoms with van der Waals surface area (Å²) in [4.78, 5) is 37.6. The number of hydrogen-bond donors (Lipinski definition) is 1. The molecule has 0 saturated carbocycles. The molecule has 0 aliphatic carbocycles. The van der Waals surface area contributed by atoms with E-state index in [-0.39, 0.29) is 23.9 Å². The zero-order valence-electron chi connectivity index (χ0n) is 20.9. The monoisotopic (exact) mass is 487 g/mol. The predicted octanol–water partition coefficient (Wildman–Crippen LogP) is 3.28. The third-order valence-corrected chi connectivity index (χ3v) is 8.11. The van der Waals surface area contributed by atoms with Crippen molar-refractivity contribution in [2.75, 3.05) is 31.1 Å². The van der Waals surface area contributed by atoms with E-state index in [1.165, 1.54) is 0 Å². The topological polar surface area (TPSA) is 81.9 Å². The van der Waals surface area contributed by atoms with Crippen molar-refractivity contribution >= 4 is 28.9 Å². The average molecular weight is 488 g/mol. The van der Waals surface area contributed by atoms with Crippen molar-refractivity contribution in [2.45, 2.75) is 51.4 Å². The highest BCUT2D eigenvalue weighted by molar-refractivity contribution is 6.05. The van der Waals surface area contributed by atoms with Crippen LogP contribution in [0.5, 0.6) is 0 Å². The van der Waals surface area contributed by atoms with E-state index < -0.39 is 6.04 Å². The van der Waals surface area contributed by atoms with Crippen LogP contribution in [0, 0.1) is 5.92 Å². The van der Waals surface area contributed by atoms with Crippen molar-refractivity contribution in [3.05, 3.63) is 59.7 Å². The molecule has 7 rings (SSSR count). The lowest BCUT2D eigenvalue weighted by Gasteiger charge is -2.44. The van der Waals surface area contributed by atoms with Crippen LogP contribution in [-0.4, -0.2) is 70.9 Å². The molecule has 2 bridgehead atoms. The summed E-state index contributed by atoms with van der Waals surface area (Å²) in [6.45, 7) is 8.31. The van der Waals surface area contributed by atoms with E-state index in [4.69, 9.17) is 9.40 Å². The molecule has 4 aliphatic heterocycles. The van der Waals surface area contributed by atoms with Gasteiger partial charge in [0.05, 0.1) is 5.56 Å². The highest BCUT2D eigenvalue weighted by atomic mass is 16.4. The van der Waals surface area contributed by atoms with Crippen molar-refractivity contribution in [3.8, 4) is 0 Å². The molecule has 4 aliphatic rings. The van der Waals surface area contributed by atoms with Crippen molar-refractivity contribution in [1.29, 1.82) is 0 Å². The first kappa shape index (κ1) is 23.0. The van der Waals surface area contributed by atoms with Gasteiger partial charge in [-0.2, -0.15) is 4.98 Å². The van der Waals surface area contributed by atoms with Crippen LogP contribution < -0.4 is 10.2 Å². The van der Waals surface area contributed by atoms with Crippen LogP contribution in [0.3, 0.4) is 0 Å². The van der Waals surface area contributed by atoms with E-state index >= 15 is 0 Å². The number of nitrogens with zero attached hydrogens (tertiary/aromatic N) is 4. The Morgan fingerprint density at radius 3 is 2.56 bits per heavy atom. The van der Waals surface area contributed by atoms with Gasteiger partial charge in [-0.15, -0.1) is 0 Å². The van der Waals surface area contributed by atoms with Crippen LogP contribution >= 0.6 is 0 Å². The van der Waals surface area contributed by atoms with Gasteiger partial charge in [-0.3, -0.25) is 9.59 Å². The van der Waals surface area contributed by atoms with E-state index in [9.17, 15) is 9.59 Å².